The van der Waals surface area contributed by atoms with Crippen LogP contribution >= 0.6 is 23.1 Å². The lowest BCUT2D eigenvalue weighted by molar-refractivity contribution is -0.115. The number of H-pyrrole nitrogens is 1. The predicted molar refractivity (Wildman–Crippen MR) is 134 cm³/mol. The molecule has 0 fully saturated rings. The van der Waals surface area contributed by atoms with Gasteiger partial charge in [0.05, 0.1) is 22.3 Å². The molecule has 0 saturated heterocycles. The fraction of sp³-hybridized carbons (Fsp3) is 0.240. The van der Waals surface area contributed by atoms with Crippen LogP contribution in [0.3, 0.4) is 0 Å². The zero-order chi connectivity index (χ0) is 22.7. The van der Waals surface area contributed by atoms with Crippen molar-refractivity contribution < 1.29 is 4.79 Å². The Kier molecular flexibility index (Phi) is 6.77. The van der Waals surface area contributed by atoms with E-state index in [9.17, 15) is 4.79 Å². The fourth-order valence-corrected chi connectivity index (χ4v) is 4.91. The average Bonchev–Trinajstić information content (AvgIpc) is 3.39. The number of thioether (sulfide) groups is 1. The summed E-state index contributed by atoms with van der Waals surface area (Å²) in [7, 11) is 0. The zero-order valence-electron chi connectivity index (χ0n) is 18.6. The monoisotopic (exact) mass is 462 g/mol. The lowest BCUT2D eigenvalue weighted by Gasteiger charge is -2.11. The Morgan fingerprint density at radius 2 is 1.62 bits per heavy atom. The molecule has 4 rings (SSSR count). The summed E-state index contributed by atoms with van der Waals surface area (Å²) in [6, 6.07) is 16.8. The highest BCUT2D eigenvalue weighted by Gasteiger charge is 2.23. The second kappa shape index (κ2) is 9.71. The highest BCUT2D eigenvalue weighted by Crippen LogP contribution is 2.35. The molecule has 0 aliphatic carbocycles. The second-order valence-electron chi connectivity index (χ2n) is 7.80. The van der Waals surface area contributed by atoms with Gasteiger partial charge in [0.15, 0.2) is 10.3 Å². The number of carbonyl (C=O) groups is 1. The van der Waals surface area contributed by atoms with Crippen molar-refractivity contribution in [3.63, 3.8) is 0 Å². The van der Waals surface area contributed by atoms with Gasteiger partial charge in [0.2, 0.25) is 5.91 Å². The van der Waals surface area contributed by atoms with Gasteiger partial charge in [-0.05, 0) is 27.2 Å². The molecule has 2 heterocycles. The molecule has 1 unspecified atom stereocenters. The maximum Gasteiger partial charge on any atom is 0.239 e. The SMILES string of the molecule is CCC(Sc1nc(-c2ccc(C)cc2)c(-c2ccc(C)cc2)[nH]1)C(=O)Nc1nc(C)cs1. The lowest BCUT2D eigenvalue weighted by Crippen LogP contribution is -2.24. The number of hydrogen-bond donors (Lipinski definition) is 2. The molecular formula is C25H26N4OS2. The first-order chi connectivity index (χ1) is 15.4. The van der Waals surface area contributed by atoms with Crippen molar-refractivity contribution >= 4 is 34.1 Å². The highest BCUT2D eigenvalue weighted by atomic mass is 32.2. The quantitative estimate of drug-likeness (QED) is 0.302. The van der Waals surface area contributed by atoms with Gasteiger partial charge in [0.25, 0.3) is 0 Å². The molecule has 1 atom stereocenters. The molecule has 0 radical (unpaired) electrons. The van der Waals surface area contributed by atoms with Crippen LogP contribution in [-0.2, 0) is 4.79 Å². The Hall–Kier alpha value is -2.90. The van der Waals surface area contributed by atoms with Gasteiger partial charge in [-0.2, -0.15) is 0 Å². The summed E-state index contributed by atoms with van der Waals surface area (Å²) < 4.78 is 0. The van der Waals surface area contributed by atoms with Crippen LogP contribution in [0, 0.1) is 20.8 Å². The molecule has 0 aliphatic rings. The van der Waals surface area contributed by atoms with E-state index in [0.29, 0.717) is 11.6 Å². The minimum atomic E-state index is -0.276. The van der Waals surface area contributed by atoms with E-state index in [4.69, 9.17) is 4.98 Å². The van der Waals surface area contributed by atoms with E-state index in [1.54, 1.807) is 0 Å². The zero-order valence-corrected chi connectivity index (χ0v) is 20.2. The number of nitrogens with zero attached hydrogens (tertiary/aromatic N) is 2. The number of thiazole rings is 1. The van der Waals surface area contributed by atoms with Gasteiger partial charge in [0, 0.05) is 16.5 Å². The maximum absolute atomic E-state index is 12.9. The summed E-state index contributed by atoms with van der Waals surface area (Å²) in [5.74, 6) is -0.0583. The van der Waals surface area contributed by atoms with Gasteiger partial charge >= 0.3 is 0 Å². The molecule has 164 valence electrons. The van der Waals surface area contributed by atoms with E-state index < -0.39 is 0 Å². The molecule has 4 aromatic rings. The van der Waals surface area contributed by atoms with Crippen molar-refractivity contribution in [3.05, 3.63) is 70.7 Å². The largest absolute Gasteiger partial charge is 0.332 e. The molecule has 32 heavy (non-hydrogen) atoms. The molecule has 5 nitrogen and oxygen atoms in total. The van der Waals surface area contributed by atoms with Gasteiger partial charge in [-0.15, -0.1) is 11.3 Å². The van der Waals surface area contributed by atoms with Crippen LogP contribution in [0.4, 0.5) is 5.13 Å². The van der Waals surface area contributed by atoms with Crippen LogP contribution in [0.1, 0.15) is 30.2 Å². The third-order valence-electron chi connectivity index (χ3n) is 5.11. The Labute approximate surface area is 196 Å². The number of nitrogens with one attached hydrogen (secondary N) is 2. The van der Waals surface area contributed by atoms with Crippen molar-refractivity contribution in [2.45, 2.75) is 44.5 Å². The van der Waals surface area contributed by atoms with E-state index in [2.05, 4.69) is 77.7 Å². The number of hydrogen-bond acceptors (Lipinski definition) is 5. The van der Waals surface area contributed by atoms with Crippen LogP contribution in [-0.4, -0.2) is 26.1 Å². The number of amides is 1. The molecule has 0 spiro atoms. The van der Waals surface area contributed by atoms with Crippen molar-refractivity contribution in [2.24, 2.45) is 0 Å². The standard InChI is InChI=1S/C25H26N4OS2/c1-5-20(23(30)29-24-26-17(4)14-31-24)32-25-27-21(18-10-6-15(2)7-11-18)22(28-25)19-12-8-16(3)9-13-19/h6-14,20H,5H2,1-4H3,(H,27,28)(H,26,29,30). The van der Waals surface area contributed by atoms with E-state index in [-0.39, 0.29) is 11.2 Å². The minimum absolute atomic E-state index is 0.0583. The first-order valence-corrected chi connectivity index (χ1v) is 12.3. The van der Waals surface area contributed by atoms with Gasteiger partial charge in [0.1, 0.15) is 0 Å². The minimum Gasteiger partial charge on any atom is -0.332 e. The molecule has 7 heteroatoms. The van der Waals surface area contributed by atoms with E-state index >= 15 is 0 Å². The molecule has 2 aromatic carbocycles. The Balaban J connectivity index is 1.64. The number of aryl methyl sites for hydroxylation is 3. The van der Waals surface area contributed by atoms with E-state index in [0.717, 1.165) is 33.4 Å². The topological polar surface area (TPSA) is 70.7 Å². The summed E-state index contributed by atoms with van der Waals surface area (Å²) in [6.07, 6.45) is 0.682. The molecule has 2 aromatic heterocycles. The Bertz CT molecular complexity index is 1150. The second-order valence-corrected chi connectivity index (χ2v) is 9.85. The predicted octanol–water partition coefficient (Wildman–Crippen LogP) is 6.63. The van der Waals surface area contributed by atoms with Gasteiger partial charge in [-0.3, -0.25) is 4.79 Å². The summed E-state index contributed by atoms with van der Waals surface area (Å²) >= 11 is 2.89. The number of carbonyl (C=O) groups excluding carboxylic acids is 1. The van der Waals surface area contributed by atoms with Crippen molar-refractivity contribution in [2.75, 3.05) is 5.32 Å². The van der Waals surface area contributed by atoms with Crippen LogP contribution < -0.4 is 5.32 Å². The number of aromatic nitrogens is 3. The van der Waals surface area contributed by atoms with Crippen molar-refractivity contribution in [1.29, 1.82) is 0 Å². The van der Waals surface area contributed by atoms with Crippen molar-refractivity contribution in [1.82, 2.24) is 15.0 Å². The number of rotatable bonds is 7. The number of anilines is 1. The van der Waals surface area contributed by atoms with Crippen LogP contribution in [0.15, 0.2) is 59.1 Å². The Morgan fingerprint density at radius 3 is 2.19 bits per heavy atom. The van der Waals surface area contributed by atoms with Crippen molar-refractivity contribution in [3.8, 4) is 22.5 Å². The first kappa shape index (κ1) is 22.3. The van der Waals surface area contributed by atoms with Gasteiger partial charge in [-0.25, -0.2) is 9.97 Å². The fourth-order valence-electron chi connectivity index (χ4n) is 3.31. The molecule has 2 N–H and O–H groups in total. The van der Waals surface area contributed by atoms with Crippen LogP contribution in [0.2, 0.25) is 0 Å². The van der Waals surface area contributed by atoms with Crippen LogP contribution in [0.5, 0.6) is 0 Å². The third kappa shape index (κ3) is 5.11. The molecule has 1 amide bonds. The lowest BCUT2D eigenvalue weighted by atomic mass is 10.0. The smallest absolute Gasteiger partial charge is 0.239 e. The average molecular weight is 463 g/mol. The third-order valence-corrected chi connectivity index (χ3v) is 7.24. The first-order valence-electron chi connectivity index (χ1n) is 10.6. The normalized spacial score (nSPS) is 12.0. The highest BCUT2D eigenvalue weighted by molar-refractivity contribution is 8.00. The van der Waals surface area contributed by atoms with Crippen LogP contribution in [0.25, 0.3) is 22.5 Å². The molecule has 0 saturated carbocycles. The molecule has 0 bridgehead atoms. The summed E-state index contributed by atoms with van der Waals surface area (Å²) in [5.41, 5.74) is 7.29. The Morgan fingerprint density at radius 1 is 1.00 bits per heavy atom. The van der Waals surface area contributed by atoms with Gasteiger partial charge < -0.3 is 10.3 Å². The number of benzene rings is 2. The van der Waals surface area contributed by atoms with E-state index in [1.165, 1.54) is 34.2 Å². The maximum atomic E-state index is 12.9. The summed E-state index contributed by atoms with van der Waals surface area (Å²) in [6.45, 7) is 8.08. The number of aromatic amines is 1. The summed E-state index contributed by atoms with van der Waals surface area (Å²) in [5, 5.41) is 5.95. The molecular weight excluding hydrogens is 436 g/mol. The van der Waals surface area contributed by atoms with Gasteiger partial charge in [-0.1, -0.05) is 78.3 Å². The van der Waals surface area contributed by atoms with E-state index in [1.807, 2.05) is 19.2 Å². The molecule has 0 aliphatic heterocycles. The summed E-state index contributed by atoms with van der Waals surface area (Å²) in [4.78, 5) is 25.6. The number of imidazole rings is 1.